The number of pyridine rings is 1. The highest BCUT2D eigenvalue weighted by Gasteiger charge is 2.07. The molecular weight excluding hydrogens is 236 g/mol. The van der Waals surface area contributed by atoms with Crippen LogP contribution in [-0.4, -0.2) is 17.6 Å². The predicted molar refractivity (Wildman–Crippen MR) is 79.5 cm³/mol. The lowest BCUT2D eigenvalue weighted by molar-refractivity contribution is 0.245. The largest absolute Gasteiger partial charge is 0.490 e. The molecule has 0 unspecified atom stereocenters. The maximum absolute atomic E-state index is 5.91. The van der Waals surface area contributed by atoms with Crippen LogP contribution in [0.2, 0.25) is 0 Å². The summed E-state index contributed by atoms with van der Waals surface area (Å²) in [4.78, 5) is 4.67. The number of nitrogens with one attached hydrogen (secondary N) is 1. The Bertz CT molecular complexity index is 537. The molecule has 102 valence electrons. The highest BCUT2D eigenvalue weighted by Crippen LogP contribution is 2.26. The zero-order chi connectivity index (χ0) is 13.7. The number of nitrogens with zero attached hydrogens (tertiary/aromatic N) is 1. The van der Waals surface area contributed by atoms with Crippen LogP contribution in [0.3, 0.4) is 0 Å². The summed E-state index contributed by atoms with van der Waals surface area (Å²) in [6.07, 6.45) is 1.30. The maximum atomic E-state index is 5.91. The van der Waals surface area contributed by atoms with Crippen molar-refractivity contribution in [3.05, 3.63) is 36.0 Å². The number of hydrogen-bond donors (Lipinski definition) is 1. The first-order chi connectivity index (χ1) is 9.20. The van der Waals surface area contributed by atoms with E-state index in [1.54, 1.807) is 0 Å². The van der Waals surface area contributed by atoms with Gasteiger partial charge in [-0.25, -0.2) is 0 Å². The third kappa shape index (κ3) is 3.67. The van der Waals surface area contributed by atoms with Crippen LogP contribution in [0.4, 0.5) is 0 Å². The van der Waals surface area contributed by atoms with Crippen molar-refractivity contribution in [3.63, 3.8) is 0 Å². The molecule has 19 heavy (non-hydrogen) atoms. The summed E-state index contributed by atoms with van der Waals surface area (Å²) in [5, 5.41) is 4.46. The van der Waals surface area contributed by atoms with Gasteiger partial charge < -0.3 is 10.1 Å². The Morgan fingerprint density at radius 3 is 2.79 bits per heavy atom. The van der Waals surface area contributed by atoms with Gasteiger partial charge in [-0.1, -0.05) is 19.1 Å². The van der Waals surface area contributed by atoms with Crippen LogP contribution < -0.4 is 10.1 Å². The molecule has 3 nitrogen and oxygen atoms in total. The Kier molecular flexibility index (Phi) is 4.74. The number of hydrogen-bond acceptors (Lipinski definition) is 3. The third-order valence-electron chi connectivity index (χ3n) is 2.83. The van der Waals surface area contributed by atoms with Crippen LogP contribution in [0.5, 0.6) is 5.75 Å². The molecule has 0 radical (unpaired) electrons. The molecule has 1 aromatic heterocycles. The molecule has 0 bridgehead atoms. The Labute approximate surface area is 115 Å². The Morgan fingerprint density at radius 2 is 2.05 bits per heavy atom. The highest BCUT2D eigenvalue weighted by molar-refractivity contribution is 5.85. The lowest BCUT2D eigenvalue weighted by atomic mass is 10.1. The van der Waals surface area contributed by atoms with Crippen molar-refractivity contribution in [2.24, 2.45) is 0 Å². The monoisotopic (exact) mass is 258 g/mol. The zero-order valence-electron chi connectivity index (χ0n) is 11.9. The second kappa shape index (κ2) is 6.53. The van der Waals surface area contributed by atoms with E-state index in [0.29, 0.717) is 0 Å². The fraction of sp³-hybridized carbons (Fsp3) is 0.438. The summed E-state index contributed by atoms with van der Waals surface area (Å²) >= 11 is 0. The van der Waals surface area contributed by atoms with E-state index in [-0.39, 0.29) is 6.10 Å². The third-order valence-corrected chi connectivity index (χ3v) is 2.83. The quantitative estimate of drug-likeness (QED) is 0.805. The first-order valence-electron chi connectivity index (χ1n) is 6.96. The van der Waals surface area contributed by atoms with Gasteiger partial charge in [-0.3, -0.25) is 4.98 Å². The van der Waals surface area contributed by atoms with E-state index in [2.05, 4.69) is 23.3 Å². The molecule has 1 heterocycles. The lowest BCUT2D eigenvalue weighted by Crippen LogP contribution is -2.15. The minimum absolute atomic E-state index is 0.169. The van der Waals surface area contributed by atoms with Crippen molar-refractivity contribution in [2.45, 2.75) is 39.8 Å². The van der Waals surface area contributed by atoms with E-state index >= 15 is 0 Å². The summed E-state index contributed by atoms with van der Waals surface area (Å²) in [5.41, 5.74) is 2.02. The number of para-hydroxylation sites is 1. The van der Waals surface area contributed by atoms with Gasteiger partial charge in [0.2, 0.25) is 0 Å². The lowest BCUT2D eigenvalue weighted by Gasteiger charge is -2.14. The molecule has 1 N–H and O–H groups in total. The standard InChI is InChI=1S/C16H22N2O/c1-4-9-17-11-13-10-16(19-12(2)3)14-7-5-6-8-15(14)18-13/h5-8,10,12,17H,4,9,11H2,1-3H3. The normalized spacial score (nSPS) is 11.2. The molecule has 2 aromatic rings. The second-order valence-electron chi connectivity index (χ2n) is 4.97. The van der Waals surface area contributed by atoms with Crippen molar-refractivity contribution in [3.8, 4) is 5.75 Å². The molecule has 3 heteroatoms. The van der Waals surface area contributed by atoms with Gasteiger partial charge in [0.15, 0.2) is 0 Å². The van der Waals surface area contributed by atoms with Crippen LogP contribution >= 0.6 is 0 Å². The molecule has 0 aliphatic carbocycles. The predicted octanol–water partition coefficient (Wildman–Crippen LogP) is 3.52. The molecule has 2 rings (SSSR count). The molecule has 1 aromatic carbocycles. The van der Waals surface area contributed by atoms with Gasteiger partial charge in [-0.05, 0) is 38.9 Å². The second-order valence-corrected chi connectivity index (χ2v) is 4.97. The SMILES string of the molecule is CCCNCc1cc(OC(C)C)c2ccccc2n1. The molecule has 0 aliphatic rings. The van der Waals surface area contributed by atoms with E-state index in [1.807, 2.05) is 38.1 Å². The highest BCUT2D eigenvalue weighted by atomic mass is 16.5. The van der Waals surface area contributed by atoms with Crippen LogP contribution in [0.25, 0.3) is 10.9 Å². The number of rotatable bonds is 6. The van der Waals surface area contributed by atoms with Crippen molar-refractivity contribution < 1.29 is 4.74 Å². The number of benzene rings is 1. The van der Waals surface area contributed by atoms with Gasteiger partial charge in [0, 0.05) is 18.0 Å². The van der Waals surface area contributed by atoms with Gasteiger partial charge in [0.25, 0.3) is 0 Å². The molecule has 0 atom stereocenters. The van der Waals surface area contributed by atoms with Gasteiger partial charge in [-0.15, -0.1) is 0 Å². The molecule has 0 saturated carbocycles. The summed E-state index contributed by atoms with van der Waals surface area (Å²) in [5.74, 6) is 0.925. The van der Waals surface area contributed by atoms with Crippen molar-refractivity contribution in [1.82, 2.24) is 10.3 Å². The Morgan fingerprint density at radius 1 is 1.26 bits per heavy atom. The Hall–Kier alpha value is -1.61. The maximum Gasteiger partial charge on any atom is 0.130 e. The van der Waals surface area contributed by atoms with Crippen LogP contribution in [0.1, 0.15) is 32.9 Å². The van der Waals surface area contributed by atoms with Crippen LogP contribution in [0, 0.1) is 0 Å². The smallest absolute Gasteiger partial charge is 0.130 e. The van der Waals surface area contributed by atoms with E-state index in [1.165, 1.54) is 0 Å². The van der Waals surface area contributed by atoms with E-state index in [9.17, 15) is 0 Å². The van der Waals surface area contributed by atoms with E-state index in [0.717, 1.165) is 41.9 Å². The van der Waals surface area contributed by atoms with E-state index in [4.69, 9.17) is 4.74 Å². The summed E-state index contributed by atoms with van der Waals surface area (Å²) in [7, 11) is 0. The summed E-state index contributed by atoms with van der Waals surface area (Å²) in [6.45, 7) is 8.05. The molecule has 0 aliphatic heterocycles. The first kappa shape index (κ1) is 13.8. The van der Waals surface area contributed by atoms with Crippen LogP contribution in [-0.2, 0) is 6.54 Å². The van der Waals surface area contributed by atoms with E-state index < -0.39 is 0 Å². The van der Waals surface area contributed by atoms with Crippen molar-refractivity contribution in [2.75, 3.05) is 6.54 Å². The zero-order valence-corrected chi connectivity index (χ0v) is 11.9. The fourth-order valence-corrected chi connectivity index (χ4v) is 2.03. The summed E-state index contributed by atoms with van der Waals surface area (Å²) < 4.78 is 5.91. The Balaban J connectivity index is 2.33. The van der Waals surface area contributed by atoms with Gasteiger partial charge in [0.05, 0.1) is 17.3 Å². The van der Waals surface area contributed by atoms with Crippen molar-refractivity contribution >= 4 is 10.9 Å². The van der Waals surface area contributed by atoms with Crippen LogP contribution in [0.15, 0.2) is 30.3 Å². The summed E-state index contributed by atoms with van der Waals surface area (Å²) in [6, 6.07) is 10.2. The van der Waals surface area contributed by atoms with Gasteiger partial charge in [-0.2, -0.15) is 0 Å². The van der Waals surface area contributed by atoms with Gasteiger partial charge in [0.1, 0.15) is 5.75 Å². The molecule has 0 spiro atoms. The topological polar surface area (TPSA) is 34.1 Å². The molecule has 0 saturated heterocycles. The van der Waals surface area contributed by atoms with Gasteiger partial charge >= 0.3 is 0 Å². The number of fused-ring (bicyclic) bond motifs is 1. The molecular formula is C16H22N2O. The minimum Gasteiger partial charge on any atom is -0.490 e. The first-order valence-corrected chi connectivity index (χ1v) is 6.96. The average molecular weight is 258 g/mol. The molecule has 0 amide bonds. The molecule has 0 fully saturated rings. The van der Waals surface area contributed by atoms with Crippen molar-refractivity contribution in [1.29, 1.82) is 0 Å². The average Bonchev–Trinajstić information content (AvgIpc) is 2.38. The number of aromatic nitrogens is 1. The number of ether oxygens (including phenoxy) is 1. The minimum atomic E-state index is 0.169. The fourth-order valence-electron chi connectivity index (χ4n) is 2.03.